The molecule has 1 heterocycles. The maximum atomic E-state index is 12.0. The minimum absolute atomic E-state index is 0.0479. The highest BCUT2D eigenvalue weighted by atomic mass is 16.6. The summed E-state index contributed by atoms with van der Waals surface area (Å²) in [6, 6.07) is 0. The Kier molecular flexibility index (Phi) is 3.39. The normalized spacial score (nSPS) is 23.5. The monoisotopic (exact) mass is 253 g/mol. The molecule has 0 N–H and O–H groups in total. The van der Waals surface area contributed by atoms with Gasteiger partial charge in [0.25, 0.3) is 0 Å². The van der Waals surface area contributed by atoms with Crippen LogP contribution in [0.2, 0.25) is 0 Å². The maximum absolute atomic E-state index is 12.0. The second-order valence-electron chi connectivity index (χ2n) is 6.70. The van der Waals surface area contributed by atoms with E-state index in [9.17, 15) is 9.59 Å². The summed E-state index contributed by atoms with van der Waals surface area (Å²) >= 11 is 0. The number of amides is 2. The van der Waals surface area contributed by atoms with Gasteiger partial charge < -0.3 is 4.74 Å². The standard InChI is InChI=1S/C14H23NO3/c1-13(2,3)18-12(17)15-10-14(9-11(15)16)7-5-4-6-8-14/h4-10H2,1-3H3. The summed E-state index contributed by atoms with van der Waals surface area (Å²) in [5.74, 6) is -0.0637. The third-order valence-electron chi connectivity index (χ3n) is 3.85. The van der Waals surface area contributed by atoms with Crippen molar-refractivity contribution in [3.63, 3.8) is 0 Å². The molecular formula is C14H23NO3. The molecule has 0 atom stereocenters. The van der Waals surface area contributed by atoms with Gasteiger partial charge in [-0.1, -0.05) is 19.3 Å². The van der Waals surface area contributed by atoms with Gasteiger partial charge in [-0.25, -0.2) is 9.69 Å². The number of rotatable bonds is 0. The number of hydrogen-bond acceptors (Lipinski definition) is 3. The molecule has 1 spiro atoms. The Morgan fingerprint density at radius 2 is 1.83 bits per heavy atom. The topological polar surface area (TPSA) is 46.6 Å². The Hall–Kier alpha value is -1.06. The Balaban J connectivity index is 2.03. The first-order valence-corrected chi connectivity index (χ1v) is 6.85. The molecule has 0 aromatic rings. The third kappa shape index (κ3) is 2.85. The van der Waals surface area contributed by atoms with Gasteiger partial charge in [-0.3, -0.25) is 4.79 Å². The van der Waals surface area contributed by atoms with Crippen LogP contribution in [0, 0.1) is 5.41 Å². The molecule has 1 saturated carbocycles. The van der Waals surface area contributed by atoms with Crippen LogP contribution < -0.4 is 0 Å². The molecular weight excluding hydrogens is 230 g/mol. The summed E-state index contributed by atoms with van der Waals surface area (Å²) < 4.78 is 5.29. The second-order valence-corrected chi connectivity index (χ2v) is 6.70. The number of ether oxygens (including phenoxy) is 1. The van der Waals surface area contributed by atoms with Crippen molar-refractivity contribution in [3.05, 3.63) is 0 Å². The molecule has 4 heteroatoms. The average Bonchev–Trinajstić information content (AvgIpc) is 2.54. The smallest absolute Gasteiger partial charge is 0.417 e. The Morgan fingerprint density at radius 3 is 2.39 bits per heavy atom. The summed E-state index contributed by atoms with van der Waals surface area (Å²) in [6.45, 7) is 6.02. The van der Waals surface area contributed by atoms with Gasteiger partial charge in [-0.15, -0.1) is 0 Å². The van der Waals surface area contributed by atoms with E-state index in [4.69, 9.17) is 4.74 Å². The van der Waals surface area contributed by atoms with Crippen molar-refractivity contribution in [1.29, 1.82) is 0 Å². The fraction of sp³-hybridized carbons (Fsp3) is 0.857. The summed E-state index contributed by atoms with van der Waals surface area (Å²) in [4.78, 5) is 25.3. The summed E-state index contributed by atoms with van der Waals surface area (Å²) in [6.07, 6.45) is 5.78. The van der Waals surface area contributed by atoms with Crippen molar-refractivity contribution in [3.8, 4) is 0 Å². The fourth-order valence-electron chi connectivity index (χ4n) is 3.02. The number of likely N-dealkylation sites (tertiary alicyclic amines) is 1. The van der Waals surface area contributed by atoms with Gasteiger partial charge in [0.2, 0.25) is 5.91 Å². The molecule has 0 unspecified atom stereocenters. The zero-order chi connectivity index (χ0) is 13.4. The van der Waals surface area contributed by atoms with Crippen LogP contribution in [0.3, 0.4) is 0 Å². The van der Waals surface area contributed by atoms with E-state index in [0.29, 0.717) is 13.0 Å². The van der Waals surface area contributed by atoms with Gasteiger partial charge in [0.15, 0.2) is 0 Å². The van der Waals surface area contributed by atoms with Crippen LogP contribution in [0.15, 0.2) is 0 Å². The summed E-state index contributed by atoms with van der Waals surface area (Å²) in [5, 5.41) is 0. The number of carbonyl (C=O) groups is 2. The highest BCUT2D eigenvalue weighted by Gasteiger charge is 2.46. The molecule has 1 aliphatic heterocycles. The van der Waals surface area contributed by atoms with Crippen molar-refractivity contribution in [2.24, 2.45) is 5.41 Å². The SMILES string of the molecule is CC(C)(C)OC(=O)N1CC2(CCCCC2)CC1=O. The van der Waals surface area contributed by atoms with Crippen molar-refractivity contribution in [2.75, 3.05) is 6.54 Å². The third-order valence-corrected chi connectivity index (χ3v) is 3.85. The van der Waals surface area contributed by atoms with Crippen LogP contribution in [0.4, 0.5) is 4.79 Å². The van der Waals surface area contributed by atoms with Gasteiger partial charge >= 0.3 is 6.09 Å². The van der Waals surface area contributed by atoms with E-state index in [1.807, 2.05) is 20.8 Å². The van der Waals surface area contributed by atoms with Crippen LogP contribution >= 0.6 is 0 Å². The van der Waals surface area contributed by atoms with Crippen LogP contribution in [-0.2, 0) is 9.53 Å². The van der Waals surface area contributed by atoms with E-state index in [-0.39, 0.29) is 11.3 Å². The molecule has 2 fully saturated rings. The van der Waals surface area contributed by atoms with Gasteiger partial charge in [0.1, 0.15) is 5.60 Å². The van der Waals surface area contributed by atoms with Crippen LogP contribution in [-0.4, -0.2) is 29.0 Å². The lowest BCUT2D eigenvalue weighted by atomic mass is 9.73. The largest absolute Gasteiger partial charge is 0.443 e. The predicted molar refractivity (Wildman–Crippen MR) is 68.1 cm³/mol. The number of imide groups is 1. The van der Waals surface area contributed by atoms with E-state index in [1.54, 1.807) is 0 Å². The van der Waals surface area contributed by atoms with Gasteiger partial charge in [0, 0.05) is 13.0 Å². The minimum atomic E-state index is -0.542. The zero-order valence-electron chi connectivity index (χ0n) is 11.6. The Bertz CT molecular complexity index is 351. The maximum Gasteiger partial charge on any atom is 0.417 e. The number of nitrogens with zero attached hydrogens (tertiary/aromatic N) is 1. The molecule has 2 aliphatic rings. The van der Waals surface area contributed by atoms with Gasteiger partial charge in [0.05, 0.1) is 0 Å². The van der Waals surface area contributed by atoms with Crippen molar-refractivity contribution in [1.82, 2.24) is 4.90 Å². The first kappa shape index (κ1) is 13.4. The predicted octanol–water partition coefficient (Wildman–Crippen LogP) is 3.10. The van der Waals surface area contributed by atoms with Crippen LogP contribution in [0.25, 0.3) is 0 Å². The lowest BCUT2D eigenvalue weighted by Gasteiger charge is -2.32. The van der Waals surface area contributed by atoms with E-state index in [1.165, 1.54) is 24.2 Å². The number of carbonyl (C=O) groups excluding carboxylic acids is 2. The van der Waals surface area contributed by atoms with Crippen molar-refractivity contribution >= 4 is 12.0 Å². The summed E-state index contributed by atoms with van der Waals surface area (Å²) in [5.41, 5.74) is -0.494. The lowest BCUT2D eigenvalue weighted by molar-refractivity contribution is -0.127. The Labute approximate surface area is 109 Å². The zero-order valence-corrected chi connectivity index (χ0v) is 11.6. The van der Waals surface area contributed by atoms with E-state index >= 15 is 0 Å². The highest BCUT2D eigenvalue weighted by molar-refractivity contribution is 5.94. The second kappa shape index (κ2) is 4.56. The van der Waals surface area contributed by atoms with Crippen LogP contribution in [0.1, 0.15) is 59.3 Å². The Morgan fingerprint density at radius 1 is 1.22 bits per heavy atom. The molecule has 2 rings (SSSR count). The molecule has 0 bridgehead atoms. The first-order valence-electron chi connectivity index (χ1n) is 6.85. The van der Waals surface area contributed by atoms with Gasteiger partial charge in [-0.05, 0) is 39.0 Å². The molecule has 0 aromatic heterocycles. The van der Waals surface area contributed by atoms with Crippen molar-refractivity contribution < 1.29 is 14.3 Å². The molecule has 1 saturated heterocycles. The molecule has 0 radical (unpaired) electrons. The minimum Gasteiger partial charge on any atom is -0.443 e. The van der Waals surface area contributed by atoms with E-state index in [0.717, 1.165) is 12.8 Å². The van der Waals surface area contributed by atoms with Crippen LogP contribution in [0.5, 0.6) is 0 Å². The molecule has 2 amide bonds. The molecule has 0 aromatic carbocycles. The quantitative estimate of drug-likeness (QED) is 0.666. The number of hydrogen-bond donors (Lipinski definition) is 0. The molecule has 18 heavy (non-hydrogen) atoms. The summed E-state index contributed by atoms with van der Waals surface area (Å²) in [7, 11) is 0. The van der Waals surface area contributed by atoms with E-state index in [2.05, 4.69) is 0 Å². The van der Waals surface area contributed by atoms with Gasteiger partial charge in [-0.2, -0.15) is 0 Å². The fourth-order valence-corrected chi connectivity index (χ4v) is 3.02. The first-order chi connectivity index (χ1) is 8.31. The molecule has 4 nitrogen and oxygen atoms in total. The lowest BCUT2D eigenvalue weighted by Crippen LogP contribution is -2.39. The highest BCUT2D eigenvalue weighted by Crippen LogP contribution is 2.44. The average molecular weight is 253 g/mol. The molecule has 1 aliphatic carbocycles. The van der Waals surface area contributed by atoms with Crippen molar-refractivity contribution in [2.45, 2.75) is 64.9 Å². The molecule has 102 valence electrons. The van der Waals surface area contributed by atoms with E-state index < -0.39 is 11.7 Å².